The van der Waals surface area contributed by atoms with E-state index in [0.29, 0.717) is 16.7 Å². The smallest absolute Gasteiger partial charge is 0.263 e. The van der Waals surface area contributed by atoms with Gasteiger partial charge in [-0.3, -0.25) is 14.5 Å². The third-order valence-corrected chi connectivity index (χ3v) is 7.30. The van der Waals surface area contributed by atoms with Crippen LogP contribution in [0.1, 0.15) is 23.6 Å². The number of fused-ring (bicyclic) bond motifs is 1. The first-order chi connectivity index (χ1) is 14.1. The fraction of sp³-hybridized carbons (Fsp3) is 0.263. The number of amides is 1. The number of hydrogen-bond donors (Lipinski definition) is 3. The maximum atomic E-state index is 12.5. The van der Waals surface area contributed by atoms with Gasteiger partial charge in [0.05, 0.1) is 10.6 Å². The number of nitrogens with zero attached hydrogens (tertiary/aromatic N) is 1. The highest BCUT2D eigenvalue weighted by Gasteiger charge is 2.31. The van der Waals surface area contributed by atoms with Gasteiger partial charge in [0.1, 0.15) is 11.9 Å². The summed E-state index contributed by atoms with van der Waals surface area (Å²) in [5, 5.41) is 2.72. The van der Waals surface area contributed by atoms with Crippen LogP contribution in [-0.2, 0) is 37.1 Å². The zero-order valence-corrected chi connectivity index (χ0v) is 18.0. The van der Waals surface area contributed by atoms with E-state index < -0.39 is 32.0 Å². The number of benzene rings is 2. The molecule has 160 valence electrons. The number of aliphatic imine (C=N–C) groups is 1. The molecule has 3 N–H and O–H groups in total. The van der Waals surface area contributed by atoms with Crippen molar-refractivity contribution >= 4 is 31.8 Å². The minimum Gasteiger partial charge on any atom is -0.350 e. The van der Waals surface area contributed by atoms with E-state index in [1.54, 1.807) is 49.4 Å². The lowest BCUT2D eigenvalue weighted by Crippen LogP contribution is -2.34. The number of rotatable bonds is 7. The van der Waals surface area contributed by atoms with Crippen molar-refractivity contribution in [2.75, 3.05) is 7.05 Å². The zero-order valence-electron chi connectivity index (χ0n) is 16.4. The number of nitrogens with one attached hydrogen (secondary N) is 3. The number of carbonyl (C=O) groups excluding carboxylic acids is 1. The number of hydrogen-bond acceptors (Lipinski definition) is 6. The summed E-state index contributed by atoms with van der Waals surface area (Å²) >= 11 is 0. The van der Waals surface area contributed by atoms with Crippen LogP contribution in [0.3, 0.4) is 0 Å². The van der Waals surface area contributed by atoms with Crippen molar-refractivity contribution < 1.29 is 21.6 Å². The van der Waals surface area contributed by atoms with Gasteiger partial charge in [0.25, 0.3) is 10.0 Å². The highest BCUT2D eigenvalue weighted by molar-refractivity contribution is 7.90. The Bertz CT molecular complexity index is 1210. The molecular weight excluding hydrogens is 428 g/mol. The first-order valence-electron chi connectivity index (χ1n) is 9.09. The summed E-state index contributed by atoms with van der Waals surface area (Å²) < 4.78 is 52.6. The van der Waals surface area contributed by atoms with Gasteiger partial charge in [-0.2, -0.15) is 0 Å². The normalized spacial score (nSPS) is 17.2. The summed E-state index contributed by atoms with van der Waals surface area (Å²) in [6.07, 6.45) is 0. The molecule has 1 unspecified atom stereocenters. The van der Waals surface area contributed by atoms with Crippen LogP contribution in [0.15, 0.2) is 58.4 Å². The average Bonchev–Trinajstić information content (AvgIpc) is 2.97. The topological polar surface area (TPSA) is 134 Å². The van der Waals surface area contributed by atoms with Gasteiger partial charge in [0.15, 0.2) is 0 Å². The number of sulfonamides is 2. The molecule has 11 heteroatoms. The second-order valence-corrected chi connectivity index (χ2v) is 10.3. The maximum Gasteiger partial charge on any atom is 0.263 e. The van der Waals surface area contributed by atoms with Crippen molar-refractivity contribution in [3.63, 3.8) is 0 Å². The molecule has 0 radical (unpaired) electrons. The molecule has 1 atom stereocenters. The molecule has 0 spiro atoms. The Balaban J connectivity index is 1.72. The van der Waals surface area contributed by atoms with Crippen LogP contribution in [0, 0.1) is 0 Å². The third-order valence-electron chi connectivity index (χ3n) is 4.59. The Labute approximate surface area is 175 Å². The van der Waals surface area contributed by atoms with Crippen molar-refractivity contribution in [2.24, 2.45) is 4.99 Å². The summed E-state index contributed by atoms with van der Waals surface area (Å²) in [7, 11) is -5.79. The predicted octanol–water partition coefficient (Wildman–Crippen LogP) is 0.479. The fourth-order valence-electron chi connectivity index (χ4n) is 2.96. The second-order valence-electron chi connectivity index (χ2n) is 6.71. The largest absolute Gasteiger partial charge is 0.350 e. The molecule has 0 bridgehead atoms. The van der Waals surface area contributed by atoms with Crippen LogP contribution in [0.2, 0.25) is 0 Å². The lowest BCUT2D eigenvalue weighted by Gasteiger charge is -2.13. The van der Waals surface area contributed by atoms with Gasteiger partial charge >= 0.3 is 0 Å². The fourth-order valence-corrected chi connectivity index (χ4v) is 5.03. The van der Waals surface area contributed by atoms with E-state index in [0.717, 1.165) is 0 Å². The molecule has 3 rings (SSSR count). The van der Waals surface area contributed by atoms with Crippen molar-refractivity contribution in [1.82, 2.24) is 14.8 Å². The summed E-state index contributed by atoms with van der Waals surface area (Å²) in [6.45, 7) is 1.67. The Morgan fingerprint density at radius 2 is 1.73 bits per heavy atom. The molecule has 0 aromatic heterocycles. The Kier molecular flexibility index (Phi) is 6.25. The quantitative estimate of drug-likeness (QED) is 0.564. The van der Waals surface area contributed by atoms with Crippen LogP contribution in [0.25, 0.3) is 0 Å². The monoisotopic (exact) mass is 450 g/mol. The summed E-state index contributed by atoms with van der Waals surface area (Å²) in [4.78, 5) is 16.9. The average molecular weight is 451 g/mol. The molecule has 2 aromatic carbocycles. The molecule has 30 heavy (non-hydrogen) atoms. The molecule has 0 aliphatic carbocycles. The van der Waals surface area contributed by atoms with Crippen LogP contribution >= 0.6 is 0 Å². The van der Waals surface area contributed by atoms with Crippen LogP contribution in [0.5, 0.6) is 0 Å². The lowest BCUT2D eigenvalue weighted by molar-refractivity contribution is -0.122. The highest BCUT2D eigenvalue weighted by Crippen LogP contribution is 2.22. The van der Waals surface area contributed by atoms with Gasteiger partial charge in [0.2, 0.25) is 15.9 Å². The van der Waals surface area contributed by atoms with E-state index in [9.17, 15) is 21.6 Å². The van der Waals surface area contributed by atoms with Gasteiger partial charge in [-0.05, 0) is 37.2 Å². The number of amidine groups is 1. The molecule has 0 saturated carbocycles. The third kappa shape index (κ3) is 4.86. The summed E-state index contributed by atoms with van der Waals surface area (Å²) in [6, 6.07) is 12.4. The van der Waals surface area contributed by atoms with E-state index in [1.165, 1.54) is 13.1 Å². The van der Waals surface area contributed by atoms with Gasteiger partial charge in [-0.25, -0.2) is 21.6 Å². The minimum absolute atomic E-state index is 0.117. The Morgan fingerprint density at radius 3 is 2.43 bits per heavy atom. The van der Waals surface area contributed by atoms with E-state index >= 15 is 0 Å². The Hall–Kier alpha value is -2.76. The molecule has 9 nitrogen and oxygen atoms in total. The minimum atomic E-state index is -3.68. The SMILES string of the molecule is CNS(=O)(=O)Cc1ccccc1CNC(=O)C(C)N=C1NS(=O)(=O)c2ccccc21. The molecule has 1 heterocycles. The molecule has 1 amide bonds. The summed E-state index contributed by atoms with van der Waals surface area (Å²) in [5.74, 6) is -0.502. The van der Waals surface area contributed by atoms with Crippen LogP contribution in [-0.4, -0.2) is 41.7 Å². The highest BCUT2D eigenvalue weighted by atomic mass is 32.2. The molecular formula is C19H22N4O5S2. The summed E-state index contributed by atoms with van der Waals surface area (Å²) in [5.41, 5.74) is 1.65. The standard InChI is InChI=1S/C19H22N4O5S2/c1-13(22-18-16-9-5-6-10-17(16)30(27,28)23-18)19(24)21-11-14-7-3-4-8-15(14)12-29(25,26)20-2/h3-10,13,20H,11-12H2,1-2H3,(H,21,24)(H,22,23). The first-order valence-corrected chi connectivity index (χ1v) is 12.2. The van der Waals surface area contributed by atoms with Gasteiger partial charge < -0.3 is 5.32 Å². The lowest BCUT2D eigenvalue weighted by atomic mass is 10.1. The van der Waals surface area contributed by atoms with Crippen LogP contribution < -0.4 is 14.8 Å². The molecule has 2 aromatic rings. The molecule has 1 aliphatic rings. The maximum absolute atomic E-state index is 12.5. The Morgan fingerprint density at radius 1 is 1.10 bits per heavy atom. The zero-order chi connectivity index (χ0) is 21.9. The first kappa shape index (κ1) is 21.9. The molecule has 1 aliphatic heterocycles. The molecule has 0 fully saturated rings. The number of carbonyl (C=O) groups is 1. The van der Waals surface area contributed by atoms with Crippen LogP contribution in [0.4, 0.5) is 0 Å². The van der Waals surface area contributed by atoms with E-state index in [1.807, 2.05) is 0 Å². The van der Waals surface area contributed by atoms with Crippen molar-refractivity contribution in [3.05, 3.63) is 65.2 Å². The van der Waals surface area contributed by atoms with E-state index in [4.69, 9.17) is 0 Å². The van der Waals surface area contributed by atoms with Gasteiger partial charge in [0, 0.05) is 12.1 Å². The predicted molar refractivity (Wildman–Crippen MR) is 113 cm³/mol. The van der Waals surface area contributed by atoms with Crippen molar-refractivity contribution in [1.29, 1.82) is 0 Å². The molecule has 0 saturated heterocycles. The van der Waals surface area contributed by atoms with Gasteiger partial charge in [-0.15, -0.1) is 0 Å². The van der Waals surface area contributed by atoms with Crippen molar-refractivity contribution in [3.8, 4) is 0 Å². The second kappa shape index (κ2) is 8.54. The van der Waals surface area contributed by atoms with E-state index in [2.05, 4.69) is 19.8 Å². The van der Waals surface area contributed by atoms with Crippen molar-refractivity contribution in [2.45, 2.75) is 30.2 Å². The van der Waals surface area contributed by atoms with E-state index in [-0.39, 0.29) is 23.0 Å². The van der Waals surface area contributed by atoms with Gasteiger partial charge in [-0.1, -0.05) is 36.4 Å².